The summed E-state index contributed by atoms with van der Waals surface area (Å²) >= 11 is 0.832. The summed E-state index contributed by atoms with van der Waals surface area (Å²) in [6.45, 7) is 1.48. The van der Waals surface area contributed by atoms with E-state index in [9.17, 15) is 18.8 Å². The molecule has 8 heteroatoms. The summed E-state index contributed by atoms with van der Waals surface area (Å²) in [5, 5.41) is 12.3. The molecule has 0 aliphatic rings. The maximum Gasteiger partial charge on any atom is 0.335 e. The normalized spacial score (nSPS) is 11.6. The fourth-order valence-corrected chi connectivity index (χ4v) is 2.17. The lowest BCUT2D eigenvalue weighted by molar-refractivity contribution is -0.119. The smallest absolute Gasteiger partial charge is 0.335 e. The second-order valence-corrected chi connectivity index (χ2v) is 5.16. The van der Waals surface area contributed by atoms with Crippen molar-refractivity contribution in [2.45, 2.75) is 17.1 Å². The molecular formula is C12H13FN2O4S. The summed E-state index contributed by atoms with van der Waals surface area (Å²) in [6.07, 6.45) is 0. The zero-order valence-corrected chi connectivity index (χ0v) is 11.6. The van der Waals surface area contributed by atoms with Crippen molar-refractivity contribution < 1.29 is 23.9 Å². The quantitative estimate of drug-likeness (QED) is 0.732. The number of hydrogen-bond donors (Lipinski definition) is 3. The molecule has 0 radical (unpaired) electrons. The van der Waals surface area contributed by atoms with Gasteiger partial charge in [-0.2, -0.15) is 0 Å². The number of amides is 3. The van der Waals surface area contributed by atoms with E-state index in [0.717, 1.165) is 30.0 Å². The molecule has 0 aliphatic heterocycles. The van der Waals surface area contributed by atoms with Gasteiger partial charge in [-0.3, -0.25) is 10.1 Å². The summed E-state index contributed by atoms with van der Waals surface area (Å²) in [6, 6.07) is 2.64. The zero-order chi connectivity index (χ0) is 15.3. The molecule has 0 aromatic heterocycles. The van der Waals surface area contributed by atoms with Crippen molar-refractivity contribution in [1.82, 2.24) is 10.6 Å². The topological polar surface area (TPSA) is 95.5 Å². The van der Waals surface area contributed by atoms with E-state index in [2.05, 4.69) is 10.6 Å². The van der Waals surface area contributed by atoms with Crippen molar-refractivity contribution in [3.8, 4) is 0 Å². The number of benzene rings is 1. The van der Waals surface area contributed by atoms with Crippen molar-refractivity contribution in [3.63, 3.8) is 0 Å². The molecule has 1 aromatic rings. The molecule has 0 aliphatic carbocycles. The van der Waals surface area contributed by atoms with Crippen LogP contribution in [0.1, 0.15) is 17.3 Å². The van der Waals surface area contributed by atoms with E-state index in [4.69, 9.17) is 5.11 Å². The lowest BCUT2D eigenvalue weighted by Gasteiger charge is -2.11. The number of carboxylic acid groups (broad SMARTS) is 1. The molecule has 0 fully saturated rings. The van der Waals surface area contributed by atoms with E-state index in [1.54, 1.807) is 0 Å². The Morgan fingerprint density at radius 1 is 1.35 bits per heavy atom. The molecule has 1 unspecified atom stereocenters. The van der Waals surface area contributed by atoms with Crippen LogP contribution in [0.2, 0.25) is 0 Å². The highest BCUT2D eigenvalue weighted by molar-refractivity contribution is 8.00. The van der Waals surface area contributed by atoms with Gasteiger partial charge in [0.15, 0.2) is 0 Å². The number of carboxylic acids is 1. The molecule has 0 heterocycles. The first kappa shape index (κ1) is 16.0. The summed E-state index contributed by atoms with van der Waals surface area (Å²) in [7, 11) is 1.36. The first-order valence-electron chi connectivity index (χ1n) is 5.57. The molecule has 6 nitrogen and oxygen atoms in total. The third-order valence-corrected chi connectivity index (χ3v) is 3.45. The van der Waals surface area contributed by atoms with Crippen LogP contribution in [0.5, 0.6) is 0 Å². The van der Waals surface area contributed by atoms with Gasteiger partial charge in [-0.15, -0.1) is 11.8 Å². The highest BCUT2D eigenvalue weighted by atomic mass is 32.2. The number of urea groups is 1. The maximum absolute atomic E-state index is 13.6. The van der Waals surface area contributed by atoms with Crippen LogP contribution >= 0.6 is 11.8 Å². The highest BCUT2D eigenvalue weighted by Crippen LogP contribution is 2.27. The number of hydrogen-bond acceptors (Lipinski definition) is 4. The van der Waals surface area contributed by atoms with Crippen LogP contribution in [0.4, 0.5) is 9.18 Å². The van der Waals surface area contributed by atoms with E-state index in [1.807, 2.05) is 0 Å². The van der Waals surface area contributed by atoms with E-state index in [-0.39, 0.29) is 10.5 Å². The van der Waals surface area contributed by atoms with Crippen LogP contribution < -0.4 is 10.6 Å². The number of carbonyl (C=O) groups is 3. The van der Waals surface area contributed by atoms with Gasteiger partial charge in [0, 0.05) is 11.9 Å². The standard InChI is InChI=1S/C12H13FN2O4S/c1-6(10(16)15-12(19)14-2)20-9-5-7(11(17)18)3-4-8(9)13/h3-6H,1-2H3,(H,17,18)(H2,14,15,16,19). The average Bonchev–Trinajstić information content (AvgIpc) is 2.40. The van der Waals surface area contributed by atoms with Gasteiger partial charge < -0.3 is 10.4 Å². The minimum Gasteiger partial charge on any atom is -0.478 e. The first-order chi connectivity index (χ1) is 9.35. The van der Waals surface area contributed by atoms with E-state index in [1.165, 1.54) is 14.0 Å². The third kappa shape index (κ3) is 4.23. The predicted octanol–water partition coefficient (Wildman–Crippen LogP) is 1.46. The number of thioether (sulfide) groups is 1. The Hall–Kier alpha value is -2.09. The van der Waals surface area contributed by atoms with Gasteiger partial charge in [-0.25, -0.2) is 14.0 Å². The van der Waals surface area contributed by atoms with Crippen molar-refractivity contribution in [2.24, 2.45) is 0 Å². The number of nitrogens with one attached hydrogen (secondary N) is 2. The molecule has 1 rings (SSSR count). The van der Waals surface area contributed by atoms with Crippen LogP contribution in [0.25, 0.3) is 0 Å². The molecular weight excluding hydrogens is 287 g/mol. The third-order valence-electron chi connectivity index (χ3n) is 2.31. The van der Waals surface area contributed by atoms with Gasteiger partial charge >= 0.3 is 12.0 Å². The monoisotopic (exact) mass is 300 g/mol. The van der Waals surface area contributed by atoms with Gasteiger partial charge in [-0.05, 0) is 25.1 Å². The van der Waals surface area contributed by atoms with Crippen molar-refractivity contribution >= 4 is 29.7 Å². The maximum atomic E-state index is 13.6. The summed E-state index contributed by atoms with van der Waals surface area (Å²) in [4.78, 5) is 33.4. The first-order valence-corrected chi connectivity index (χ1v) is 6.45. The van der Waals surface area contributed by atoms with Gasteiger partial charge in [0.05, 0.1) is 10.8 Å². The summed E-state index contributed by atoms with van der Waals surface area (Å²) in [5.74, 6) is -2.41. The number of carbonyl (C=O) groups excluding carboxylic acids is 2. The number of imide groups is 1. The molecule has 20 heavy (non-hydrogen) atoms. The Kier molecular flexibility index (Phi) is 5.51. The second-order valence-electron chi connectivity index (χ2n) is 3.78. The van der Waals surface area contributed by atoms with Crippen LogP contribution in [-0.2, 0) is 4.79 Å². The number of aromatic carboxylic acids is 1. The van der Waals surface area contributed by atoms with Gasteiger partial charge in [0.25, 0.3) is 0 Å². The Labute approximate surface area is 118 Å². The lowest BCUT2D eigenvalue weighted by atomic mass is 10.2. The summed E-state index contributed by atoms with van der Waals surface area (Å²) < 4.78 is 13.6. The van der Waals surface area contributed by atoms with E-state index >= 15 is 0 Å². The number of rotatable bonds is 4. The second kappa shape index (κ2) is 6.90. The minimum atomic E-state index is -1.19. The molecule has 0 saturated carbocycles. The van der Waals surface area contributed by atoms with Crippen LogP contribution in [0, 0.1) is 5.82 Å². The molecule has 3 amide bonds. The van der Waals surface area contributed by atoms with E-state index in [0.29, 0.717) is 0 Å². The largest absolute Gasteiger partial charge is 0.478 e. The molecule has 1 aromatic carbocycles. The molecule has 0 bridgehead atoms. The predicted molar refractivity (Wildman–Crippen MR) is 71.3 cm³/mol. The Morgan fingerprint density at radius 2 is 2.00 bits per heavy atom. The molecule has 3 N–H and O–H groups in total. The fourth-order valence-electron chi connectivity index (χ4n) is 1.25. The van der Waals surface area contributed by atoms with Crippen LogP contribution in [0.15, 0.2) is 23.1 Å². The SMILES string of the molecule is CNC(=O)NC(=O)C(C)Sc1cc(C(=O)O)ccc1F. The fraction of sp³-hybridized carbons (Fsp3) is 0.250. The van der Waals surface area contributed by atoms with Gasteiger partial charge in [-0.1, -0.05) is 0 Å². The summed E-state index contributed by atoms with van der Waals surface area (Å²) in [5.41, 5.74) is -0.0761. The zero-order valence-electron chi connectivity index (χ0n) is 10.8. The molecule has 0 spiro atoms. The van der Waals surface area contributed by atoms with Crippen molar-refractivity contribution in [2.75, 3.05) is 7.05 Å². The Balaban J connectivity index is 2.82. The molecule has 1 atom stereocenters. The van der Waals surface area contributed by atoms with Gasteiger partial charge in [0.1, 0.15) is 5.82 Å². The Morgan fingerprint density at radius 3 is 2.55 bits per heavy atom. The van der Waals surface area contributed by atoms with Crippen molar-refractivity contribution in [1.29, 1.82) is 0 Å². The van der Waals surface area contributed by atoms with Gasteiger partial charge in [0.2, 0.25) is 5.91 Å². The lowest BCUT2D eigenvalue weighted by Crippen LogP contribution is -2.41. The molecule has 108 valence electrons. The van der Waals surface area contributed by atoms with Crippen LogP contribution in [-0.4, -0.2) is 35.3 Å². The minimum absolute atomic E-state index is 0.0319. The van der Waals surface area contributed by atoms with Crippen molar-refractivity contribution in [3.05, 3.63) is 29.6 Å². The molecule has 0 saturated heterocycles. The highest BCUT2D eigenvalue weighted by Gasteiger charge is 2.19. The van der Waals surface area contributed by atoms with Crippen LogP contribution in [0.3, 0.4) is 0 Å². The number of halogens is 1. The van der Waals surface area contributed by atoms with E-state index < -0.39 is 29.0 Å². The average molecular weight is 300 g/mol. The Bertz CT molecular complexity index is 550.